The molecule has 1 atom stereocenters. The number of fused-ring (bicyclic) bond motifs is 1. The van der Waals surface area contributed by atoms with E-state index in [1.165, 1.54) is 11.3 Å². The summed E-state index contributed by atoms with van der Waals surface area (Å²) in [5.41, 5.74) is 2.72. The third-order valence-electron chi connectivity index (χ3n) is 4.77. The molecule has 9 heteroatoms. The van der Waals surface area contributed by atoms with E-state index < -0.39 is 11.8 Å². The van der Waals surface area contributed by atoms with Crippen LogP contribution in [0.2, 0.25) is 5.02 Å². The van der Waals surface area contributed by atoms with Gasteiger partial charge in [-0.25, -0.2) is 4.52 Å². The SMILES string of the molecule is C[C@@H](NC(=O)C(=O)NCCc1csc2nc(-c3ccc(Cl)cc3)nn12)c1ccccc1. The van der Waals surface area contributed by atoms with Gasteiger partial charge in [0.1, 0.15) is 0 Å². The van der Waals surface area contributed by atoms with Gasteiger partial charge in [-0.2, -0.15) is 4.98 Å². The van der Waals surface area contributed by atoms with Gasteiger partial charge in [0.15, 0.2) is 5.82 Å². The number of nitrogens with one attached hydrogen (secondary N) is 2. The van der Waals surface area contributed by atoms with E-state index in [0.29, 0.717) is 23.8 Å². The fraction of sp³-hybridized carbons (Fsp3) is 0.182. The number of benzene rings is 2. The normalized spacial score (nSPS) is 11.9. The number of thiazole rings is 1. The number of nitrogens with zero attached hydrogens (tertiary/aromatic N) is 3. The molecule has 2 aromatic heterocycles. The number of aromatic nitrogens is 3. The van der Waals surface area contributed by atoms with Crippen molar-refractivity contribution in [2.75, 3.05) is 6.54 Å². The molecular weight excluding hydrogens is 434 g/mol. The zero-order chi connectivity index (χ0) is 21.8. The number of amides is 2. The van der Waals surface area contributed by atoms with Crippen LogP contribution in [0.25, 0.3) is 16.3 Å². The van der Waals surface area contributed by atoms with Crippen molar-refractivity contribution in [3.05, 3.63) is 76.3 Å². The van der Waals surface area contributed by atoms with E-state index in [0.717, 1.165) is 21.8 Å². The van der Waals surface area contributed by atoms with Crippen molar-refractivity contribution in [2.45, 2.75) is 19.4 Å². The molecule has 0 unspecified atom stereocenters. The first-order valence-corrected chi connectivity index (χ1v) is 11.0. The van der Waals surface area contributed by atoms with Gasteiger partial charge in [-0.05, 0) is 36.8 Å². The van der Waals surface area contributed by atoms with E-state index in [1.54, 1.807) is 16.6 Å². The van der Waals surface area contributed by atoms with E-state index in [4.69, 9.17) is 11.6 Å². The maximum absolute atomic E-state index is 12.2. The second-order valence-electron chi connectivity index (χ2n) is 6.98. The standard InChI is InChI=1S/C22H20ClN5O2S/c1-14(15-5-3-2-4-6-15)25-21(30)20(29)24-12-11-18-13-31-22-26-19(27-28(18)22)16-7-9-17(23)10-8-16/h2-10,13-14H,11-12H2,1H3,(H,24,29)(H,25,30)/t14-/m1/s1. The molecule has 0 saturated carbocycles. The fourth-order valence-corrected chi connectivity index (χ4v) is 4.07. The Bertz CT molecular complexity index is 1200. The number of halogens is 1. The van der Waals surface area contributed by atoms with Crippen molar-refractivity contribution in [3.8, 4) is 11.4 Å². The Hall–Kier alpha value is -3.23. The van der Waals surface area contributed by atoms with Crippen molar-refractivity contribution in [1.29, 1.82) is 0 Å². The zero-order valence-electron chi connectivity index (χ0n) is 16.7. The molecule has 2 aromatic carbocycles. The molecule has 2 N–H and O–H groups in total. The quantitative estimate of drug-likeness (QED) is 0.436. The van der Waals surface area contributed by atoms with Gasteiger partial charge in [0.25, 0.3) is 0 Å². The maximum atomic E-state index is 12.2. The summed E-state index contributed by atoms with van der Waals surface area (Å²) in [6.07, 6.45) is 0.524. The summed E-state index contributed by atoms with van der Waals surface area (Å²) in [6.45, 7) is 2.15. The lowest BCUT2D eigenvalue weighted by atomic mass is 10.1. The first-order chi connectivity index (χ1) is 15.0. The zero-order valence-corrected chi connectivity index (χ0v) is 18.3. The topological polar surface area (TPSA) is 88.4 Å². The maximum Gasteiger partial charge on any atom is 0.309 e. The lowest BCUT2D eigenvalue weighted by Gasteiger charge is -2.13. The third-order valence-corrected chi connectivity index (χ3v) is 5.89. The Balaban J connectivity index is 1.33. The van der Waals surface area contributed by atoms with Gasteiger partial charge in [-0.1, -0.05) is 41.9 Å². The minimum absolute atomic E-state index is 0.252. The van der Waals surface area contributed by atoms with E-state index >= 15 is 0 Å². The molecule has 0 saturated heterocycles. The summed E-state index contributed by atoms with van der Waals surface area (Å²) in [5.74, 6) is -0.699. The smallest absolute Gasteiger partial charge is 0.309 e. The predicted molar refractivity (Wildman–Crippen MR) is 121 cm³/mol. The highest BCUT2D eigenvalue weighted by Crippen LogP contribution is 2.22. The van der Waals surface area contributed by atoms with Gasteiger partial charge in [0.2, 0.25) is 4.96 Å². The van der Waals surface area contributed by atoms with Gasteiger partial charge in [-0.3, -0.25) is 9.59 Å². The van der Waals surface area contributed by atoms with Crippen LogP contribution in [0.5, 0.6) is 0 Å². The lowest BCUT2D eigenvalue weighted by Crippen LogP contribution is -2.41. The summed E-state index contributed by atoms with van der Waals surface area (Å²) < 4.78 is 1.76. The molecule has 0 spiro atoms. The minimum atomic E-state index is -0.658. The average Bonchev–Trinajstić information content (AvgIpc) is 3.36. The molecule has 4 rings (SSSR count). The Morgan fingerprint density at radius 2 is 1.84 bits per heavy atom. The van der Waals surface area contributed by atoms with Gasteiger partial charge in [0, 0.05) is 28.9 Å². The predicted octanol–water partition coefficient (Wildman–Crippen LogP) is 3.65. The number of carbonyl (C=O) groups excluding carboxylic acids is 2. The summed E-state index contributed by atoms with van der Waals surface area (Å²) >= 11 is 7.41. The largest absolute Gasteiger partial charge is 0.347 e. The number of hydrogen-bond acceptors (Lipinski definition) is 5. The number of rotatable bonds is 6. The van der Waals surface area contributed by atoms with Crippen LogP contribution in [-0.2, 0) is 16.0 Å². The molecule has 2 amide bonds. The third kappa shape index (κ3) is 4.92. The molecule has 2 heterocycles. The number of carbonyl (C=O) groups is 2. The molecule has 0 aliphatic carbocycles. The van der Waals surface area contributed by atoms with Crippen molar-refractivity contribution in [2.24, 2.45) is 0 Å². The Morgan fingerprint density at radius 3 is 2.58 bits per heavy atom. The molecule has 0 aliphatic heterocycles. The van der Waals surface area contributed by atoms with Crippen LogP contribution in [-0.4, -0.2) is 33.0 Å². The van der Waals surface area contributed by atoms with Gasteiger partial charge < -0.3 is 10.6 Å². The van der Waals surface area contributed by atoms with Crippen LogP contribution in [0, 0.1) is 0 Å². The molecule has 0 bridgehead atoms. The van der Waals surface area contributed by atoms with Crippen molar-refractivity contribution >= 4 is 39.7 Å². The molecule has 0 aliphatic rings. The summed E-state index contributed by atoms with van der Waals surface area (Å²) in [5, 5.41) is 12.5. The van der Waals surface area contributed by atoms with Crippen LogP contribution in [0.3, 0.4) is 0 Å². The second kappa shape index (κ2) is 9.28. The first-order valence-electron chi connectivity index (χ1n) is 9.74. The van der Waals surface area contributed by atoms with Crippen LogP contribution in [0.1, 0.15) is 24.2 Å². The van der Waals surface area contributed by atoms with E-state index in [2.05, 4.69) is 20.7 Å². The summed E-state index contributed by atoms with van der Waals surface area (Å²) in [6, 6.07) is 16.6. The van der Waals surface area contributed by atoms with Crippen LogP contribution in [0.4, 0.5) is 0 Å². The minimum Gasteiger partial charge on any atom is -0.347 e. The van der Waals surface area contributed by atoms with Gasteiger partial charge in [-0.15, -0.1) is 16.4 Å². The van der Waals surface area contributed by atoms with Crippen LogP contribution < -0.4 is 10.6 Å². The first kappa shape index (κ1) is 21.0. The van der Waals surface area contributed by atoms with Crippen molar-refractivity contribution in [1.82, 2.24) is 25.2 Å². The Morgan fingerprint density at radius 1 is 1.10 bits per heavy atom. The number of hydrogen-bond donors (Lipinski definition) is 2. The molecule has 4 aromatic rings. The molecule has 0 radical (unpaired) electrons. The summed E-state index contributed by atoms with van der Waals surface area (Å²) in [7, 11) is 0. The molecule has 7 nitrogen and oxygen atoms in total. The van der Waals surface area contributed by atoms with Crippen molar-refractivity contribution < 1.29 is 9.59 Å². The Labute approximate surface area is 188 Å². The van der Waals surface area contributed by atoms with Gasteiger partial charge >= 0.3 is 11.8 Å². The second-order valence-corrected chi connectivity index (χ2v) is 8.25. The van der Waals surface area contributed by atoms with Crippen LogP contribution >= 0.6 is 22.9 Å². The average molecular weight is 454 g/mol. The highest BCUT2D eigenvalue weighted by Gasteiger charge is 2.17. The van der Waals surface area contributed by atoms with E-state index in [9.17, 15) is 9.59 Å². The summed E-state index contributed by atoms with van der Waals surface area (Å²) in [4.78, 5) is 29.6. The fourth-order valence-electron chi connectivity index (χ4n) is 3.09. The molecular formula is C22H20ClN5O2S. The van der Waals surface area contributed by atoms with Crippen molar-refractivity contribution in [3.63, 3.8) is 0 Å². The van der Waals surface area contributed by atoms with Gasteiger partial charge in [0.05, 0.1) is 11.7 Å². The Kier molecular flexibility index (Phi) is 6.29. The lowest BCUT2D eigenvalue weighted by molar-refractivity contribution is -0.139. The monoisotopic (exact) mass is 453 g/mol. The van der Waals surface area contributed by atoms with E-state index in [-0.39, 0.29) is 6.04 Å². The van der Waals surface area contributed by atoms with Crippen LogP contribution in [0.15, 0.2) is 60.0 Å². The molecule has 0 fully saturated rings. The van der Waals surface area contributed by atoms with E-state index in [1.807, 2.05) is 54.8 Å². The highest BCUT2D eigenvalue weighted by atomic mass is 35.5. The highest BCUT2D eigenvalue weighted by molar-refractivity contribution is 7.15. The molecule has 31 heavy (non-hydrogen) atoms. The molecule has 158 valence electrons.